The van der Waals surface area contributed by atoms with Crippen LogP contribution in [0.4, 0.5) is 4.39 Å². The molecule has 0 amide bonds. The van der Waals surface area contributed by atoms with Crippen LogP contribution >= 0.6 is 0 Å². The molecule has 0 unspecified atom stereocenters. The van der Waals surface area contributed by atoms with E-state index in [1.165, 1.54) is 6.07 Å². The summed E-state index contributed by atoms with van der Waals surface area (Å²) in [4.78, 5) is 0. The molecule has 0 radical (unpaired) electrons. The van der Waals surface area contributed by atoms with Gasteiger partial charge in [-0.1, -0.05) is 38.1 Å². The SMILES string of the molecule is CC(C)NCc1ccc(Oc2ccccc2CO)c(F)c1. The van der Waals surface area contributed by atoms with Gasteiger partial charge in [-0.3, -0.25) is 0 Å². The van der Waals surface area contributed by atoms with Gasteiger partial charge in [0, 0.05) is 18.2 Å². The highest BCUT2D eigenvalue weighted by Crippen LogP contribution is 2.28. The third-order valence-corrected chi connectivity index (χ3v) is 3.07. The van der Waals surface area contributed by atoms with E-state index in [0.717, 1.165) is 5.56 Å². The maximum Gasteiger partial charge on any atom is 0.166 e. The maximum atomic E-state index is 14.1. The molecular weight excluding hydrogens is 269 g/mol. The number of rotatable bonds is 6. The lowest BCUT2D eigenvalue weighted by Gasteiger charge is -2.12. The Balaban J connectivity index is 2.14. The standard InChI is InChI=1S/C17H20FNO2/c1-12(2)19-10-13-7-8-17(15(18)9-13)21-16-6-4-3-5-14(16)11-20/h3-9,12,19-20H,10-11H2,1-2H3. The highest BCUT2D eigenvalue weighted by Gasteiger charge is 2.09. The molecule has 4 heteroatoms. The molecule has 112 valence electrons. The van der Waals surface area contributed by atoms with Crippen molar-refractivity contribution in [2.24, 2.45) is 0 Å². The maximum absolute atomic E-state index is 14.1. The Bertz CT molecular complexity index is 599. The van der Waals surface area contributed by atoms with E-state index in [1.807, 2.05) is 19.9 Å². The summed E-state index contributed by atoms with van der Waals surface area (Å²) in [5.74, 6) is 0.210. The first kappa shape index (κ1) is 15.5. The summed E-state index contributed by atoms with van der Waals surface area (Å²) in [5.41, 5.74) is 1.49. The normalized spacial score (nSPS) is 10.9. The van der Waals surface area contributed by atoms with Gasteiger partial charge < -0.3 is 15.2 Å². The summed E-state index contributed by atoms with van der Waals surface area (Å²) in [6.07, 6.45) is 0. The summed E-state index contributed by atoms with van der Waals surface area (Å²) in [7, 11) is 0. The third-order valence-electron chi connectivity index (χ3n) is 3.07. The average Bonchev–Trinajstić information content (AvgIpc) is 2.48. The molecule has 0 saturated heterocycles. The molecular formula is C17H20FNO2. The molecule has 0 spiro atoms. The van der Waals surface area contributed by atoms with E-state index in [-0.39, 0.29) is 12.4 Å². The Kier molecular flexibility index (Phi) is 5.31. The second-order valence-electron chi connectivity index (χ2n) is 5.17. The zero-order valence-electron chi connectivity index (χ0n) is 12.3. The molecule has 2 N–H and O–H groups in total. The summed E-state index contributed by atoms with van der Waals surface area (Å²) in [6.45, 7) is 4.55. The van der Waals surface area contributed by atoms with Crippen LogP contribution in [0.5, 0.6) is 11.5 Å². The fourth-order valence-corrected chi connectivity index (χ4v) is 1.91. The Morgan fingerprint density at radius 1 is 1.14 bits per heavy atom. The summed E-state index contributed by atoms with van der Waals surface area (Å²) < 4.78 is 19.6. The molecule has 0 bridgehead atoms. The highest BCUT2D eigenvalue weighted by molar-refractivity contribution is 5.39. The van der Waals surface area contributed by atoms with Gasteiger partial charge in [0.15, 0.2) is 11.6 Å². The van der Waals surface area contributed by atoms with Gasteiger partial charge in [0.25, 0.3) is 0 Å². The first-order valence-electron chi connectivity index (χ1n) is 6.98. The minimum atomic E-state index is -0.411. The molecule has 0 atom stereocenters. The van der Waals surface area contributed by atoms with Gasteiger partial charge in [0.2, 0.25) is 0 Å². The lowest BCUT2D eigenvalue weighted by molar-refractivity contribution is 0.276. The predicted octanol–water partition coefficient (Wildman–Crippen LogP) is 3.61. The number of aliphatic hydroxyl groups is 1. The third kappa shape index (κ3) is 4.28. The predicted molar refractivity (Wildman–Crippen MR) is 80.8 cm³/mol. The molecule has 0 heterocycles. The van der Waals surface area contributed by atoms with Gasteiger partial charge >= 0.3 is 0 Å². The molecule has 21 heavy (non-hydrogen) atoms. The first-order chi connectivity index (χ1) is 10.1. The molecule has 2 rings (SSSR count). The van der Waals surface area contributed by atoms with Crippen LogP contribution in [0.25, 0.3) is 0 Å². The highest BCUT2D eigenvalue weighted by atomic mass is 19.1. The zero-order valence-corrected chi connectivity index (χ0v) is 12.3. The minimum Gasteiger partial charge on any atom is -0.454 e. The van der Waals surface area contributed by atoms with E-state index in [9.17, 15) is 9.50 Å². The van der Waals surface area contributed by atoms with Crippen LogP contribution in [0.3, 0.4) is 0 Å². The summed E-state index contributed by atoms with van der Waals surface area (Å²) >= 11 is 0. The van der Waals surface area contributed by atoms with Crippen molar-refractivity contribution in [1.29, 1.82) is 0 Å². The first-order valence-corrected chi connectivity index (χ1v) is 6.98. The van der Waals surface area contributed by atoms with Crippen molar-refractivity contribution in [3.05, 3.63) is 59.4 Å². The van der Waals surface area contributed by atoms with Crippen LogP contribution in [0.1, 0.15) is 25.0 Å². The van der Waals surface area contributed by atoms with E-state index < -0.39 is 5.82 Å². The van der Waals surface area contributed by atoms with Gasteiger partial charge in [-0.25, -0.2) is 4.39 Å². The number of nitrogens with one attached hydrogen (secondary N) is 1. The van der Waals surface area contributed by atoms with E-state index in [0.29, 0.717) is 23.9 Å². The van der Waals surface area contributed by atoms with Gasteiger partial charge in [-0.2, -0.15) is 0 Å². The van der Waals surface area contributed by atoms with E-state index in [2.05, 4.69) is 5.32 Å². The van der Waals surface area contributed by atoms with Crippen LogP contribution in [0.2, 0.25) is 0 Å². The monoisotopic (exact) mass is 289 g/mol. The Morgan fingerprint density at radius 3 is 2.57 bits per heavy atom. The number of benzene rings is 2. The van der Waals surface area contributed by atoms with E-state index in [4.69, 9.17) is 4.74 Å². The number of aliphatic hydroxyl groups excluding tert-OH is 1. The fraction of sp³-hybridized carbons (Fsp3) is 0.294. The fourth-order valence-electron chi connectivity index (χ4n) is 1.91. The molecule has 2 aromatic rings. The van der Waals surface area contributed by atoms with Crippen LogP contribution in [0, 0.1) is 5.82 Å². The molecule has 2 aromatic carbocycles. The van der Waals surface area contributed by atoms with Crippen molar-refractivity contribution < 1.29 is 14.2 Å². The van der Waals surface area contributed by atoms with Crippen LogP contribution in [-0.2, 0) is 13.2 Å². The smallest absolute Gasteiger partial charge is 0.166 e. The van der Waals surface area contributed by atoms with E-state index in [1.54, 1.807) is 30.3 Å². The molecule has 0 aliphatic heterocycles. The summed E-state index contributed by atoms with van der Waals surface area (Å²) in [5, 5.41) is 12.5. The Labute approximate surface area is 124 Å². The molecule has 0 aliphatic rings. The molecule has 0 aliphatic carbocycles. The lowest BCUT2D eigenvalue weighted by Crippen LogP contribution is -2.21. The largest absolute Gasteiger partial charge is 0.454 e. The number of halogens is 1. The minimum absolute atomic E-state index is 0.145. The Hall–Kier alpha value is -1.91. The van der Waals surface area contributed by atoms with Crippen LogP contribution < -0.4 is 10.1 Å². The topological polar surface area (TPSA) is 41.5 Å². The van der Waals surface area contributed by atoms with E-state index >= 15 is 0 Å². The average molecular weight is 289 g/mol. The van der Waals surface area contributed by atoms with Crippen molar-refractivity contribution in [2.45, 2.75) is 33.0 Å². The second kappa shape index (κ2) is 7.20. The number of hydrogen-bond donors (Lipinski definition) is 2. The summed E-state index contributed by atoms with van der Waals surface area (Å²) in [6, 6.07) is 12.3. The molecule has 3 nitrogen and oxygen atoms in total. The van der Waals surface area contributed by atoms with Crippen molar-refractivity contribution >= 4 is 0 Å². The molecule has 0 saturated carbocycles. The van der Waals surface area contributed by atoms with Crippen molar-refractivity contribution in [2.75, 3.05) is 0 Å². The van der Waals surface area contributed by atoms with Crippen LogP contribution in [0.15, 0.2) is 42.5 Å². The van der Waals surface area contributed by atoms with Gasteiger partial charge in [0.05, 0.1) is 6.61 Å². The second-order valence-corrected chi connectivity index (χ2v) is 5.17. The number of hydrogen-bond acceptors (Lipinski definition) is 3. The molecule has 0 aromatic heterocycles. The molecule has 0 fully saturated rings. The lowest BCUT2D eigenvalue weighted by atomic mass is 10.2. The Morgan fingerprint density at radius 2 is 1.90 bits per heavy atom. The quantitative estimate of drug-likeness (QED) is 0.853. The van der Waals surface area contributed by atoms with Crippen molar-refractivity contribution in [3.8, 4) is 11.5 Å². The van der Waals surface area contributed by atoms with Gasteiger partial charge in [-0.05, 0) is 23.8 Å². The van der Waals surface area contributed by atoms with Gasteiger partial charge in [-0.15, -0.1) is 0 Å². The number of ether oxygens (including phenoxy) is 1. The number of para-hydroxylation sites is 1. The van der Waals surface area contributed by atoms with Gasteiger partial charge in [0.1, 0.15) is 5.75 Å². The van der Waals surface area contributed by atoms with Crippen molar-refractivity contribution in [1.82, 2.24) is 5.32 Å². The van der Waals surface area contributed by atoms with Crippen LogP contribution in [-0.4, -0.2) is 11.1 Å². The van der Waals surface area contributed by atoms with Crippen molar-refractivity contribution in [3.63, 3.8) is 0 Å². The zero-order chi connectivity index (χ0) is 15.2.